The minimum absolute atomic E-state index is 0.0944. The van der Waals surface area contributed by atoms with Gasteiger partial charge in [0.05, 0.1) is 38.3 Å². The Labute approximate surface area is 212 Å². The highest BCUT2D eigenvalue weighted by molar-refractivity contribution is 7.17. The van der Waals surface area contributed by atoms with Gasteiger partial charge in [0.25, 0.3) is 5.91 Å². The maximum atomic E-state index is 13.0. The molecule has 6 heteroatoms. The third-order valence-corrected chi connectivity index (χ3v) is 8.34. The Morgan fingerprint density at radius 1 is 0.857 bits per heavy atom. The van der Waals surface area contributed by atoms with E-state index in [9.17, 15) is 4.79 Å². The molecule has 1 aliphatic carbocycles. The summed E-state index contributed by atoms with van der Waals surface area (Å²) < 4.78 is 16.7. The number of amides is 1. The van der Waals surface area contributed by atoms with E-state index in [0.717, 1.165) is 34.6 Å². The molecule has 186 valence electrons. The summed E-state index contributed by atoms with van der Waals surface area (Å²) in [5, 5.41) is 3.01. The highest BCUT2D eigenvalue weighted by atomic mass is 32.1. The second-order valence-corrected chi connectivity index (χ2v) is 11.4. The predicted octanol–water partition coefficient (Wildman–Crippen LogP) is 6.72. The number of hydrogen-bond donors (Lipinski definition) is 1. The highest BCUT2D eigenvalue weighted by Gasteiger charge is 2.38. The maximum Gasteiger partial charge on any atom is 0.261 e. The zero-order valence-electron chi connectivity index (χ0n) is 21.7. The van der Waals surface area contributed by atoms with Crippen LogP contribution in [-0.4, -0.2) is 27.2 Å². The molecule has 0 bridgehead atoms. The van der Waals surface area contributed by atoms with Gasteiger partial charge in [0.2, 0.25) is 0 Å². The van der Waals surface area contributed by atoms with Crippen LogP contribution in [0.1, 0.15) is 66.9 Å². The van der Waals surface area contributed by atoms with E-state index in [1.807, 2.05) is 30.3 Å². The van der Waals surface area contributed by atoms with Gasteiger partial charge in [0, 0.05) is 10.4 Å². The number of carbonyl (C=O) groups excluding carboxylic acids is 1. The second kappa shape index (κ2) is 9.57. The SMILES string of the molecule is COc1cc2c(cc1-c1ccc(C(=O)NCc3c(OC)cccc3OC)s1)C(C)(C)CCC2(C)C. The lowest BCUT2D eigenvalue weighted by Gasteiger charge is -2.42. The quantitative estimate of drug-likeness (QED) is 0.397. The molecule has 1 aromatic heterocycles. The number of hydrogen-bond acceptors (Lipinski definition) is 5. The summed E-state index contributed by atoms with van der Waals surface area (Å²) in [5.74, 6) is 2.08. The van der Waals surface area contributed by atoms with Crippen molar-refractivity contribution in [3.63, 3.8) is 0 Å². The largest absolute Gasteiger partial charge is 0.496 e. The predicted molar refractivity (Wildman–Crippen MR) is 142 cm³/mol. The molecule has 0 aliphatic heterocycles. The van der Waals surface area contributed by atoms with E-state index in [1.54, 1.807) is 21.3 Å². The molecular formula is C29H35NO4S. The molecule has 1 N–H and O–H groups in total. The Kier molecular flexibility index (Phi) is 6.87. The number of nitrogens with one attached hydrogen (secondary N) is 1. The number of methoxy groups -OCH3 is 3. The van der Waals surface area contributed by atoms with Crippen molar-refractivity contribution < 1.29 is 19.0 Å². The second-order valence-electron chi connectivity index (χ2n) is 10.4. The van der Waals surface area contributed by atoms with Gasteiger partial charge in [-0.25, -0.2) is 0 Å². The van der Waals surface area contributed by atoms with Crippen molar-refractivity contribution in [2.45, 2.75) is 57.9 Å². The average Bonchev–Trinajstić information content (AvgIpc) is 3.34. The van der Waals surface area contributed by atoms with Crippen LogP contribution in [0.15, 0.2) is 42.5 Å². The van der Waals surface area contributed by atoms with Gasteiger partial charge in [-0.15, -0.1) is 11.3 Å². The lowest BCUT2D eigenvalue weighted by atomic mass is 9.63. The first kappa shape index (κ1) is 25.1. The number of carbonyl (C=O) groups is 1. The fraction of sp³-hybridized carbons (Fsp3) is 0.414. The van der Waals surface area contributed by atoms with Crippen molar-refractivity contribution in [1.29, 1.82) is 0 Å². The van der Waals surface area contributed by atoms with Crippen molar-refractivity contribution in [2.75, 3.05) is 21.3 Å². The molecule has 0 atom stereocenters. The van der Waals surface area contributed by atoms with E-state index in [4.69, 9.17) is 14.2 Å². The van der Waals surface area contributed by atoms with E-state index in [-0.39, 0.29) is 16.7 Å². The molecule has 35 heavy (non-hydrogen) atoms. The average molecular weight is 494 g/mol. The minimum atomic E-state index is -0.132. The lowest BCUT2D eigenvalue weighted by molar-refractivity contribution is 0.0954. The summed E-state index contributed by atoms with van der Waals surface area (Å²) in [6.45, 7) is 9.56. The molecule has 0 saturated heterocycles. The van der Waals surface area contributed by atoms with Crippen LogP contribution >= 0.6 is 11.3 Å². The Bertz CT molecular complexity index is 1220. The number of benzene rings is 2. The number of ether oxygens (including phenoxy) is 3. The normalized spacial score (nSPS) is 15.7. The van der Waals surface area contributed by atoms with Gasteiger partial charge in [-0.2, -0.15) is 0 Å². The molecular weight excluding hydrogens is 458 g/mol. The van der Waals surface area contributed by atoms with Crippen molar-refractivity contribution in [2.24, 2.45) is 0 Å². The summed E-state index contributed by atoms with van der Waals surface area (Å²) in [6.07, 6.45) is 2.29. The van der Waals surface area contributed by atoms with Crippen molar-refractivity contribution in [1.82, 2.24) is 5.32 Å². The van der Waals surface area contributed by atoms with E-state index in [1.165, 1.54) is 22.5 Å². The Balaban J connectivity index is 1.62. The first-order valence-corrected chi connectivity index (χ1v) is 12.7. The van der Waals surface area contributed by atoms with Crippen molar-refractivity contribution >= 4 is 17.2 Å². The molecule has 0 fully saturated rings. The maximum absolute atomic E-state index is 13.0. The van der Waals surface area contributed by atoms with Gasteiger partial charge in [-0.3, -0.25) is 4.79 Å². The van der Waals surface area contributed by atoms with Gasteiger partial charge in [0.15, 0.2) is 0 Å². The molecule has 5 nitrogen and oxygen atoms in total. The summed E-state index contributed by atoms with van der Waals surface area (Å²) in [5.41, 5.74) is 4.77. The lowest BCUT2D eigenvalue weighted by Crippen LogP contribution is -2.33. The first-order valence-electron chi connectivity index (χ1n) is 11.9. The van der Waals surface area contributed by atoms with Gasteiger partial charge in [0.1, 0.15) is 17.2 Å². The Hall–Kier alpha value is -2.99. The summed E-state index contributed by atoms with van der Waals surface area (Å²) >= 11 is 1.47. The van der Waals surface area contributed by atoms with E-state index in [0.29, 0.717) is 22.9 Å². The third-order valence-electron chi connectivity index (χ3n) is 7.22. The molecule has 1 amide bonds. The van der Waals surface area contributed by atoms with Crippen LogP contribution in [0, 0.1) is 0 Å². The Morgan fingerprint density at radius 2 is 1.43 bits per heavy atom. The van der Waals surface area contributed by atoms with Gasteiger partial charge in [-0.05, 0) is 71.2 Å². The fourth-order valence-electron chi connectivity index (χ4n) is 4.92. The van der Waals surface area contributed by atoms with Crippen LogP contribution < -0.4 is 19.5 Å². The number of rotatable bonds is 7. The first-order chi connectivity index (χ1) is 16.6. The number of fused-ring (bicyclic) bond motifs is 1. The zero-order valence-corrected chi connectivity index (χ0v) is 22.5. The topological polar surface area (TPSA) is 56.8 Å². The molecule has 4 rings (SSSR count). The van der Waals surface area contributed by atoms with Crippen LogP contribution in [0.3, 0.4) is 0 Å². The van der Waals surface area contributed by atoms with Gasteiger partial charge in [-0.1, -0.05) is 33.8 Å². The summed E-state index contributed by atoms with van der Waals surface area (Å²) in [4.78, 5) is 14.7. The zero-order chi connectivity index (χ0) is 25.4. The summed E-state index contributed by atoms with van der Waals surface area (Å²) in [7, 11) is 4.94. The van der Waals surface area contributed by atoms with Crippen LogP contribution in [0.25, 0.3) is 10.4 Å². The monoisotopic (exact) mass is 493 g/mol. The molecule has 0 radical (unpaired) electrons. The molecule has 1 heterocycles. The van der Waals surface area contributed by atoms with Crippen molar-refractivity contribution in [3.8, 4) is 27.7 Å². The molecule has 2 aromatic carbocycles. The van der Waals surface area contributed by atoms with Gasteiger partial charge < -0.3 is 19.5 Å². The molecule has 0 spiro atoms. The molecule has 0 unspecified atom stereocenters. The van der Waals surface area contributed by atoms with E-state index in [2.05, 4.69) is 45.1 Å². The minimum Gasteiger partial charge on any atom is -0.496 e. The van der Waals surface area contributed by atoms with Crippen LogP contribution in [0.5, 0.6) is 17.2 Å². The van der Waals surface area contributed by atoms with Crippen LogP contribution in [0.2, 0.25) is 0 Å². The molecule has 0 saturated carbocycles. The van der Waals surface area contributed by atoms with Crippen LogP contribution in [-0.2, 0) is 17.4 Å². The molecule has 3 aromatic rings. The Morgan fingerprint density at radius 3 is 2.00 bits per heavy atom. The number of thiophene rings is 1. The smallest absolute Gasteiger partial charge is 0.261 e. The van der Waals surface area contributed by atoms with Gasteiger partial charge >= 0.3 is 0 Å². The fourth-order valence-corrected chi connectivity index (χ4v) is 5.86. The third kappa shape index (κ3) is 4.76. The highest BCUT2D eigenvalue weighted by Crippen LogP contribution is 2.49. The van der Waals surface area contributed by atoms with E-state index >= 15 is 0 Å². The van der Waals surface area contributed by atoms with Crippen LogP contribution in [0.4, 0.5) is 0 Å². The van der Waals surface area contributed by atoms with E-state index < -0.39 is 0 Å². The standard InChI is InChI=1S/C29H35NO4S/c1-28(2)13-14-29(3,4)21-16-24(34-7)18(15-20(21)28)25-11-12-26(35-25)27(31)30-17-19-22(32-5)9-8-10-23(19)33-6/h8-12,15-16H,13-14,17H2,1-7H3,(H,30,31). The summed E-state index contributed by atoms with van der Waals surface area (Å²) in [6, 6.07) is 14.0. The molecule has 1 aliphatic rings. The van der Waals surface area contributed by atoms with Crippen molar-refractivity contribution in [3.05, 3.63) is 64.0 Å².